The van der Waals surface area contributed by atoms with Crippen molar-refractivity contribution in [3.63, 3.8) is 0 Å². The molecule has 0 bridgehead atoms. The molecule has 0 aliphatic carbocycles. The molecule has 1 unspecified atom stereocenters. The van der Waals surface area contributed by atoms with E-state index < -0.39 is 17.7 Å². The summed E-state index contributed by atoms with van der Waals surface area (Å²) in [7, 11) is 0. The topological polar surface area (TPSA) is 94.6 Å². The number of hydrogen-bond acceptors (Lipinski definition) is 6. The average Bonchev–Trinajstić information content (AvgIpc) is 2.78. The van der Waals surface area contributed by atoms with E-state index in [-0.39, 0.29) is 39.6 Å². The van der Waals surface area contributed by atoms with Crippen molar-refractivity contribution in [2.45, 2.75) is 25.9 Å². The number of carbonyl (C=O) groups is 1. The number of carbonyl (C=O) groups excluding carboxylic acids is 1. The predicted octanol–water partition coefficient (Wildman–Crippen LogP) is 5.70. The molecule has 1 aliphatic rings. The second-order valence-corrected chi connectivity index (χ2v) is 8.25. The number of allylic oxidation sites excluding steroid dienone is 1. The molecule has 34 heavy (non-hydrogen) atoms. The predicted molar refractivity (Wildman–Crippen MR) is 124 cm³/mol. The van der Waals surface area contributed by atoms with Crippen molar-refractivity contribution in [1.82, 2.24) is 0 Å². The van der Waals surface area contributed by atoms with E-state index in [1.807, 2.05) is 19.9 Å². The van der Waals surface area contributed by atoms with Crippen molar-refractivity contribution in [3.05, 3.63) is 99.7 Å². The van der Waals surface area contributed by atoms with Gasteiger partial charge in [0.15, 0.2) is 0 Å². The molecule has 4 rings (SSSR count). The lowest BCUT2D eigenvalue weighted by atomic mass is 9.83. The fourth-order valence-electron chi connectivity index (χ4n) is 3.69. The monoisotopic (exact) mass is 478 g/mol. The van der Waals surface area contributed by atoms with Gasteiger partial charge in [-0.3, -0.25) is 0 Å². The van der Waals surface area contributed by atoms with Crippen LogP contribution >= 0.6 is 11.6 Å². The Bertz CT molecular complexity index is 1310. The van der Waals surface area contributed by atoms with Gasteiger partial charge in [-0.05, 0) is 56.3 Å². The third kappa shape index (κ3) is 4.54. The zero-order valence-corrected chi connectivity index (χ0v) is 19.1. The van der Waals surface area contributed by atoms with Crippen LogP contribution in [0.2, 0.25) is 5.02 Å². The maximum atomic E-state index is 14.7. The first-order chi connectivity index (χ1) is 16.3. The standard InChI is InChI=1S/C26H20ClFN2O4/c1-14(2)32-16-8-6-15(7-9-16)26(31)33-17-10-11-18-22(12-17)34-25(30)19(13-29)23(18)24-20(27)4-3-5-21(24)28/h3-12,14,23H,30H2,1-2H3. The minimum atomic E-state index is -0.874. The first kappa shape index (κ1) is 23.1. The third-order valence-electron chi connectivity index (χ3n) is 5.15. The molecular formula is C26H20ClFN2O4. The molecule has 8 heteroatoms. The molecule has 0 amide bonds. The van der Waals surface area contributed by atoms with E-state index >= 15 is 0 Å². The second-order valence-electron chi connectivity index (χ2n) is 7.84. The minimum Gasteiger partial charge on any atom is -0.491 e. The highest BCUT2D eigenvalue weighted by molar-refractivity contribution is 6.31. The van der Waals surface area contributed by atoms with Gasteiger partial charge >= 0.3 is 5.97 Å². The van der Waals surface area contributed by atoms with Crippen LogP contribution in [-0.2, 0) is 0 Å². The SMILES string of the molecule is CC(C)Oc1ccc(C(=O)Oc2ccc3c(c2)OC(N)=C(C#N)C3c2c(F)cccc2Cl)cc1. The summed E-state index contributed by atoms with van der Waals surface area (Å²) >= 11 is 6.27. The summed E-state index contributed by atoms with van der Waals surface area (Å²) in [5.74, 6) is -1.15. The molecule has 0 spiro atoms. The lowest BCUT2D eigenvalue weighted by Crippen LogP contribution is -2.22. The number of rotatable bonds is 5. The maximum absolute atomic E-state index is 14.7. The largest absolute Gasteiger partial charge is 0.491 e. The van der Waals surface area contributed by atoms with Gasteiger partial charge in [0.2, 0.25) is 5.88 Å². The first-order valence-electron chi connectivity index (χ1n) is 10.4. The molecule has 0 radical (unpaired) electrons. The Hall–Kier alpha value is -4.02. The molecule has 1 atom stereocenters. The van der Waals surface area contributed by atoms with E-state index in [2.05, 4.69) is 0 Å². The van der Waals surface area contributed by atoms with Crippen molar-refractivity contribution in [2.24, 2.45) is 5.73 Å². The van der Waals surface area contributed by atoms with Crippen LogP contribution in [0.25, 0.3) is 0 Å². The summed E-state index contributed by atoms with van der Waals surface area (Å²) < 4.78 is 31.4. The summed E-state index contributed by atoms with van der Waals surface area (Å²) in [5.41, 5.74) is 6.92. The third-order valence-corrected chi connectivity index (χ3v) is 5.48. The van der Waals surface area contributed by atoms with E-state index in [4.69, 9.17) is 31.5 Å². The molecule has 1 aliphatic heterocycles. The van der Waals surface area contributed by atoms with Crippen LogP contribution in [0.3, 0.4) is 0 Å². The Kier molecular flexibility index (Phi) is 6.44. The molecule has 1 heterocycles. The number of nitrogens with two attached hydrogens (primary N) is 1. The van der Waals surface area contributed by atoms with Gasteiger partial charge in [0.05, 0.1) is 17.6 Å². The number of halogens is 2. The highest BCUT2D eigenvalue weighted by atomic mass is 35.5. The lowest BCUT2D eigenvalue weighted by Gasteiger charge is -2.27. The van der Waals surface area contributed by atoms with E-state index in [1.54, 1.807) is 30.3 Å². The number of hydrogen-bond donors (Lipinski definition) is 1. The zero-order chi connectivity index (χ0) is 24.4. The molecule has 172 valence electrons. The van der Waals surface area contributed by atoms with Crippen LogP contribution in [0.5, 0.6) is 17.2 Å². The summed E-state index contributed by atoms with van der Waals surface area (Å²) in [6, 6.07) is 17.4. The van der Waals surface area contributed by atoms with Crippen LogP contribution in [0, 0.1) is 17.1 Å². The van der Waals surface area contributed by atoms with Gasteiger partial charge in [-0.2, -0.15) is 5.26 Å². The highest BCUT2D eigenvalue weighted by Gasteiger charge is 2.34. The van der Waals surface area contributed by atoms with E-state index in [1.165, 1.54) is 30.3 Å². The van der Waals surface area contributed by atoms with Crippen molar-refractivity contribution in [2.75, 3.05) is 0 Å². The number of esters is 1. The summed E-state index contributed by atoms with van der Waals surface area (Å²) in [6.07, 6.45) is 0.0133. The molecule has 0 fully saturated rings. The Morgan fingerprint density at radius 2 is 1.85 bits per heavy atom. The summed E-state index contributed by atoms with van der Waals surface area (Å²) in [5, 5.41) is 9.81. The molecule has 3 aromatic carbocycles. The van der Waals surface area contributed by atoms with E-state index in [0.29, 0.717) is 16.9 Å². The van der Waals surface area contributed by atoms with Crippen LogP contribution in [-0.4, -0.2) is 12.1 Å². The molecule has 0 saturated heterocycles. The summed E-state index contributed by atoms with van der Waals surface area (Å²) in [4.78, 5) is 12.6. The molecule has 0 aromatic heterocycles. The van der Waals surface area contributed by atoms with Gasteiger partial charge < -0.3 is 19.9 Å². The van der Waals surface area contributed by atoms with E-state index in [9.17, 15) is 14.4 Å². The van der Waals surface area contributed by atoms with E-state index in [0.717, 1.165) is 0 Å². The second kappa shape index (κ2) is 9.46. The Morgan fingerprint density at radius 1 is 1.15 bits per heavy atom. The van der Waals surface area contributed by atoms with Crippen LogP contribution in [0.4, 0.5) is 4.39 Å². The number of benzene rings is 3. The van der Waals surface area contributed by atoms with Gasteiger partial charge in [0.1, 0.15) is 34.7 Å². The fraction of sp³-hybridized carbons (Fsp3) is 0.154. The number of fused-ring (bicyclic) bond motifs is 1. The Balaban J connectivity index is 1.64. The smallest absolute Gasteiger partial charge is 0.343 e. The molecule has 0 saturated carbocycles. The van der Waals surface area contributed by atoms with Crippen molar-refractivity contribution in [1.29, 1.82) is 5.26 Å². The minimum absolute atomic E-state index is 0.0133. The average molecular weight is 479 g/mol. The van der Waals surface area contributed by atoms with Crippen molar-refractivity contribution >= 4 is 17.6 Å². The van der Waals surface area contributed by atoms with Gasteiger partial charge in [0.25, 0.3) is 0 Å². The molecule has 3 aromatic rings. The van der Waals surface area contributed by atoms with Gasteiger partial charge in [-0.1, -0.05) is 23.7 Å². The lowest BCUT2D eigenvalue weighted by molar-refractivity contribution is 0.0734. The first-order valence-corrected chi connectivity index (χ1v) is 10.8. The molecular weight excluding hydrogens is 459 g/mol. The van der Waals surface area contributed by atoms with Gasteiger partial charge in [-0.25, -0.2) is 9.18 Å². The summed E-state index contributed by atoms with van der Waals surface area (Å²) in [6.45, 7) is 3.82. The zero-order valence-electron chi connectivity index (χ0n) is 18.3. The van der Waals surface area contributed by atoms with Crippen molar-refractivity contribution in [3.8, 4) is 23.3 Å². The van der Waals surface area contributed by atoms with Crippen molar-refractivity contribution < 1.29 is 23.4 Å². The number of nitrogens with zero attached hydrogens (tertiary/aromatic N) is 1. The van der Waals surface area contributed by atoms with Gasteiger partial charge in [0, 0.05) is 22.2 Å². The van der Waals surface area contributed by atoms with Crippen LogP contribution < -0.4 is 19.9 Å². The van der Waals surface area contributed by atoms with Crippen LogP contribution in [0.1, 0.15) is 41.3 Å². The van der Waals surface area contributed by atoms with Gasteiger partial charge in [-0.15, -0.1) is 0 Å². The number of ether oxygens (including phenoxy) is 3. The molecule has 6 nitrogen and oxygen atoms in total. The van der Waals surface area contributed by atoms with Crippen LogP contribution in [0.15, 0.2) is 72.1 Å². The normalized spacial score (nSPS) is 14.8. The number of nitriles is 1. The Morgan fingerprint density at radius 3 is 2.50 bits per heavy atom. The quantitative estimate of drug-likeness (QED) is 0.373. The Labute approximate surface area is 200 Å². The highest BCUT2D eigenvalue weighted by Crippen LogP contribution is 2.46. The molecule has 2 N–H and O–H groups in total. The maximum Gasteiger partial charge on any atom is 0.343 e. The fourth-order valence-corrected chi connectivity index (χ4v) is 3.96.